The number of halogens is 3. The van der Waals surface area contributed by atoms with Gasteiger partial charge >= 0.3 is 6.18 Å². The smallest absolute Gasteiger partial charge is 0.341 e. The van der Waals surface area contributed by atoms with E-state index in [4.69, 9.17) is 11.1 Å². The van der Waals surface area contributed by atoms with E-state index in [2.05, 4.69) is 0 Å². The number of nitrogens with one attached hydrogen (secondary N) is 1. The van der Waals surface area contributed by atoms with Crippen molar-refractivity contribution in [2.24, 2.45) is 5.84 Å². The molecule has 3 N–H and O–H groups in total. The quantitative estimate of drug-likeness (QED) is 0.655. The minimum Gasteiger partial charge on any atom is -0.341 e. The Labute approximate surface area is 113 Å². The van der Waals surface area contributed by atoms with Gasteiger partial charge < -0.3 is 10.3 Å². The van der Waals surface area contributed by atoms with Gasteiger partial charge in [-0.1, -0.05) is 0 Å². The molecule has 5 nitrogen and oxygen atoms in total. The maximum absolute atomic E-state index is 12.8. The number of benzene rings is 1. The Hall–Kier alpha value is -2.27. The Bertz CT molecular complexity index is 536. The van der Waals surface area contributed by atoms with Crippen molar-refractivity contribution < 1.29 is 18.0 Å². The summed E-state index contributed by atoms with van der Waals surface area (Å²) in [6.45, 7) is 0.146. The molecular weight excluding hydrogens is 273 g/mol. The van der Waals surface area contributed by atoms with Gasteiger partial charge in [0, 0.05) is 19.2 Å². The predicted molar refractivity (Wildman–Crippen MR) is 66.4 cm³/mol. The molecule has 0 spiro atoms. The van der Waals surface area contributed by atoms with Gasteiger partial charge in [0.25, 0.3) is 5.91 Å². The number of hydrogen-bond acceptors (Lipinski definition) is 4. The van der Waals surface area contributed by atoms with E-state index in [1.165, 1.54) is 18.0 Å². The third kappa shape index (κ3) is 3.61. The van der Waals surface area contributed by atoms with Crippen molar-refractivity contribution in [1.82, 2.24) is 4.90 Å². The lowest BCUT2D eigenvalue weighted by Crippen LogP contribution is -2.28. The van der Waals surface area contributed by atoms with Crippen LogP contribution in [-0.2, 0) is 6.18 Å². The number of nitrogens with two attached hydrogens (primary N) is 1. The van der Waals surface area contributed by atoms with Crippen molar-refractivity contribution in [2.45, 2.75) is 12.6 Å². The summed E-state index contributed by atoms with van der Waals surface area (Å²) in [5.41, 5.74) is 0.504. The molecule has 1 aromatic carbocycles. The first-order chi connectivity index (χ1) is 9.31. The van der Waals surface area contributed by atoms with E-state index in [-0.39, 0.29) is 24.2 Å². The van der Waals surface area contributed by atoms with Crippen molar-refractivity contribution >= 4 is 11.6 Å². The molecule has 0 saturated carbocycles. The van der Waals surface area contributed by atoms with E-state index in [0.717, 1.165) is 12.1 Å². The number of nitrogens with zero attached hydrogens (tertiary/aromatic N) is 2. The fraction of sp³-hybridized carbons (Fsp3) is 0.333. The second kappa shape index (κ2) is 6.25. The van der Waals surface area contributed by atoms with Crippen LogP contribution in [0.4, 0.5) is 18.9 Å². The van der Waals surface area contributed by atoms with E-state index >= 15 is 0 Å². The van der Waals surface area contributed by atoms with Gasteiger partial charge in [0.15, 0.2) is 0 Å². The van der Waals surface area contributed by atoms with Crippen molar-refractivity contribution in [3.63, 3.8) is 0 Å². The predicted octanol–water partition coefficient (Wildman–Crippen LogP) is 1.98. The van der Waals surface area contributed by atoms with E-state index in [9.17, 15) is 18.0 Å². The normalized spacial score (nSPS) is 10.8. The minimum atomic E-state index is -4.62. The third-order valence-corrected chi connectivity index (χ3v) is 2.63. The van der Waals surface area contributed by atoms with Crippen LogP contribution in [0.2, 0.25) is 0 Å². The number of rotatable bonds is 4. The van der Waals surface area contributed by atoms with Gasteiger partial charge in [-0.3, -0.25) is 10.6 Å². The number of alkyl halides is 3. The average Bonchev–Trinajstić information content (AvgIpc) is 2.42. The third-order valence-electron chi connectivity index (χ3n) is 2.63. The van der Waals surface area contributed by atoms with E-state index < -0.39 is 17.6 Å². The van der Waals surface area contributed by atoms with Gasteiger partial charge in [-0.2, -0.15) is 18.4 Å². The molecule has 1 rings (SSSR count). The molecular formula is C12H13F3N4O. The molecule has 0 saturated heterocycles. The summed E-state index contributed by atoms with van der Waals surface area (Å²) in [6, 6.07) is 4.93. The standard InChI is InChI=1S/C12H13F3N4O/c1-19(6-2-5-16)11(20)8-3-4-10(18-17)9(7-8)12(13,14)15/h3-4,7,18H,2,6,17H2,1H3. The second-order valence-electron chi connectivity index (χ2n) is 4.04. The summed E-state index contributed by atoms with van der Waals surface area (Å²) in [5.74, 6) is 4.43. The van der Waals surface area contributed by atoms with Crippen LogP contribution in [0.3, 0.4) is 0 Å². The topological polar surface area (TPSA) is 82.2 Å². The summed E-state index contributed by atoms with van der Waals surface area (Å²) in [5, 5.41) is 8.43. The number of hydrogen-bond donors (Lipinski definition) is 2. The summed E-state index contributed by atoms with van der Waals surface area (Å²) in [6.07, 6.45) is -4.51. The summed E-state index contributed by atoms with van der Waals surface area (Å²) in [7, 11) is 1.42. The SMILES string of the molecule is CN(CCC#N)C(=O)c1ccc(NN)c(C(F)(F)F)c1. The molecule has 0 heterocycles. The van der Waals surface area contributed by atoms with Crippen LogP contribution >= 0.6 is 0 Å². The fourth-order valence-electron chi connectivity index (χ4n) is 1.58. The highest BCUT2D eigenvalue weighted by molar-refractivity contribution is 5.94. The molecule has 108 valence electrons. The number of amides is 1. The van der Waals surface area contributed by atoms with Gasteiger partial charge in [0.05, 0.1) is 23.7 Å². The number of nitrogen functional groups attached to an aromatic ring is 1. The first-order valence-corrected chi connectivity index (χ1v) is 5.61. The van der Waals surface area contributed by atoms with Crippen LogP contribution in [0.1, 0.15) is 22.3 Å². The Morgan fingerprint density at radius 3 is 2.65 bits per heavy atom. The van der Waals surface area contributed by atoms with Crippen LogP contribution in [0.15, 0.2) is 18.2 Å². The largest absolute Gasteiger partial charge is 0.418 e. The molecule has 0 aliphatic heterocycles. The summed E-state index contributed by atoms with van der Waals surface area (Å²) >= 11 is 0. The lowest BCUT2D eigenvalue weighted by Gasteiger charge is -2.18. The monoisotopic (exact) mass is 286 g/mol. The van der Waals surface area contributed by atoms with Crippen LogP contribution < -0.4 is 11.3 Å². The van der Waals surface area contributed by atoms with Crippen molar-refractivity contribution in [1.29, 1.82) is 5.26 Å². The lowest BCUT2D eigenvalue weighted by molar-refractivity contribution is -0.137. The molecule has 1 amide bonds. The number of hydrazine groups is 1. The maximum atomic E-state index is 12.8. The number of nitriles is 1. The molecule has 20 heavy (non-hydrogen) atoms. The summed E-state index contributed by atoms with van der Waals surface area (Å²) < 4.78 is 38.5. The average molecular weight is 286 g/mol. The fourth-order valence-corrected chi connectivity index (χ4v) is 1.58. The zero-order chi connectivity index (χ0) is 15.3. The van der Waals surface area contributed by atoms with Gasteiger partial charge in [-0.05, 0) is 18.2 Å². The zero-order valence-corrected chi connectivity index (χ0v) is 10.7. The van der Waals surface area contributed by atoms with E-state index in [0.29, 0.717) is 0 Å². The minimum absolute atomic E-state index is 0.108. The van der Waals surface area contributed by atoms with Crippen LogP contribution in [0, 0.1) is 11.3 Å². The van der Waals surface area contributed by atoms with Gasteiger partial charge in [0.2, 0.25) is 0 Å². The van der Waals surface area contributed by atoms with Crippen LogP contribution in [0.5, 0.6) is 0 Å². The highest BCUT2D eigenvalue weighted by Gasteiger charge is 2.34. The Morgan fingerprint density at radius 1 is 1.50 bits per heavy atom. The molecule has 1 aromatic rings. The van der Waals surface area contributed by atoms with Crippen LogP contribution in [0.25, 0.3) is 0 Å². The molecule has 0 aliphatic rings. The molecule has 0 radical (unpaired) electrons. The first-order valence-electron chi connectivity index (χ1n) is 5.61. The highest BCUT2D eigenvalue weighted by Crippen LogP contribution is 2.35. The first kappa shape index (κ1) is 15.8. The second-order valence-corrected chi connectivity index (χ2v) is 4.04. The van der Waals surface area contributed by atoms with Gasteiger partial charge in [0.1, 0.15) is 0 Å². The Balaban J connectivity index is 3.09. The molecule has 0 bridgehead atoms. The molecule has 0 fully saturated rings. The van der Waals surface area contributed by atoms with Gasteiger partial charge in [-0.15, -0.1) is 0 Å². The van der Waals surface area contributed by atoms with Crippen molar-refractivity contribution in [2.75, 3.05) is 19.0 Å². The number of carbonyl (C=O) groups is 1. The van der Waals surface area contributed by atoms with Crippen LogP contribution in [-0.4, -0.2) is 24.4 Å². The zero-order valence-electron chi connectivity index (χ0n) is 10.7. The molecule has 0 unspecified atom stereocenters. The number of carbonyl (C=O) groups excluding carboxylic acids is 1. The molecule has 0 atom stereocenters. The number of anilines is 1. The Morgan fingerprint density at radius 2 is 2.15 bits per heavy atom. The maximum Gasteiger partial charge on any atom is 0.418 e. The Kier molecular flexibility index (Phi) is 4.94. The van der Waals surface area contributed by atoms with E-state index in [1.54, 1.807) is 0 Å². The van der Waals surface area contributed by atoms with Gasteiger partial charge in [-0.25, -0.2) is 0 Å². The molecule has 0 aliphatic carbocycles. The molecule has 0 aromatic heterocycles. The molecule has 8 heteroatoms. The summed E-state index contributed by atoms with van der Waals surface area (Å²) in [4.78, 5) is 13.1. The lowest BCUT2D eigenvalue weighted by atomic mass is 10.1. The highest BCUT2D eigenvalue weighted by atomic mass is 19.4. The van der Waals surface area contributed by atoms with E-state index in [1.807, 2.05) is 11.5 Å². The van der Waals surface area contributed by atoms with Crippen molar-refractivity contribution in [3.05, 3.63) is 29.3 Å². The van der Waals surface area contributed by atoms with Crippen molar-refractivity contribution in [3.8, 4) is 6.07 Å².